The van der Waals surface area contributed by atoms with Crippen LogP contribution in [0.1, 0.15) is 79.1 Å². The fourth-order valence-electron chi connectivity index (χ4n) is 8.00. The molecule has 3 saturated carbocycles. The number of hydrogen-bond donors (Lipinski definition) is 1. The second-order valence-corrected chi connectivity index (χ2v) is 10.6. The van der Waals surface area contributed by atoms with E-state index in [1.165, 1.54) is 25.3 Å². The van der Waals surface area contributed by atoms with Crippen LogP contribution in [-0.2, 0) is 14.3 Å². The first-order valence-corrected chi connectivity index (χ1v) is 11.3. The quantitative estimate of drug-likeness (QED) is 0.532. The zero-order chi connectivity index (χ0) is 20.3. The van der Waals surface area contributed by atoms with Gasteiger partial charge in [-0.2, -0.15) is 0 Å². The summed E-state index contributed by atoms with van der Waals surface area (Å²) in [6.45, 7) is 8.28. The van der Waals surface area contributed by atoms with E-state index in [0.29, 0.717) is 23.7 Å². The fraction of sp³-hybridized carbons (Fsp3) is 0.833. The fourth-order valence-corrected chi connectivity index (χ4v) is 8.00. The molecule has 4 aliphatic rings. The largest absolute Gasteiger partial charge is 0.481 e. The lowest BCUT2D eigenvalue weighted by atomic mass is 9.47. The van der Waals surface area contributed by atoms with E-state index < -0.39 is 5.97 Å². The summed E-state index contributed by atoms with van der Waals surface area (Å²) in [7, 11) is 0. The van der Waals surface area contributed by atoms with Crippen molar-refractivity contribution in [1.29, 1.82) is 0 Å². The maximum Gasteiger partial charge on any atom is 0.306 e. The van der Waals surface area contributed by atoms with Crippen molar-refractivity contribution < 1.29 is 19.4 Å². The molecule has 0 aromatic rings. The van der Waals surface area contributed by atoms with E-state index in [-0.39, 0.29) is 28.8 Å². The highest BCUT2D eigenvalue weighted by Crippen LogP contribution is 2.67. The van der Waals surface area contributed by atoms with E-state index >= 15 is 0 Å². The van der Waals surface area contributed by atoms with E-state index in [1.54, 1.807) is 0 Å². The highest BCUT2D eigenvalue weighted by atomic mass is 16.5. The monoisotopic (exact) mass is 388 g/mol. The first-order chi connectivity index (χ1) is 13.2. The number of esters is 1. The van der Waals surface area contributed by atoms with Crippen LogP contribution in [0.25, 0.3) is 0 Å². The summed E-state index contributed by atoms with van der Waals surface area (Å²) < 4.78 is 5.53. The topological polar surface area (TPSA) is 63.6 Å². The van der Waals surface area contributed by atoms with Gasteiger partial charge < -0.3 is 9.84 Å². The first kappa shape index (κ1) is 20.0. The summed E-state index contributed by atoms with van der Waals surface area (Å²) >= 11 is 0. The molecule has 4 aliphatic carbocycles. The zero-order valence-corrected chi connectivity index (χ0v) is 17.9. The second kappa shape index (κ2) is 6.88. The Labute approximate surface area is 169 Å². The van der Waals surface area contributed by atoms with Crippen molar-refractivity contribution in [3.8, 4) is 0 Å². The molecule has 1 N–H and O–H groups in total. The van der Waals surface area contributed by atoms with Gasteiger partial charge in [-0.05, 0) is 79.4 Å². The molecule has 4 rings (SSSR count). The van der Waals surface area contributed by atoms with Gasteiger partial charge in [-0.25, -0.2) is 0 Å². The molecule has 28 heavy (non-hydrogen) atoms. The molecule has 1 unspecified atom stereocenters. The molecule has 0 aliphatic heterocycles. The van der Waals surface area contributed by atoms with Crippen LogP contribution in [0.5, 0.6) is 0 Å². The van der Waals surface area contributed by atoms with Crippen molar-refractivity contribution in [2.75, 3.05) is 0 Å². The van der Waals surface area contributed by atoms with Gasteiger partial charge >= 0.3 is 11.9 Å². The van der Waals surface area contributed by atoms with Crippen molar-refractivity contribution in [3.63, 3.8) is 0 Å². The minimum Gasteiger partial charge on any atom is -0.481 e. The van der Waals surface area contributed by atoms with Gasteiger partial charge in [0.2, 0.25) is 0 Å². The van der Waals surface area contributed by atoms with Crippen LogP contribution in [0.2, 0.25) is 0 Å². The molecule has 0 amide bonds. The molecule has 0 radical (unpaired) electrons. The summed E-state index contributed by atoms with van der Waals surface area (Å²) in [5.41, 5.74) is 1.93. The molecule has 0 heterocycles. The molecule has 0 bridgehead atoms. The average Bonchev–Trinajstić information content (AvgIpc) is 2.98. The van der Waals surface area contributed by atoms with Crippen molar-refractivity contribution in [2.45, 2.75) is 85.2 Å². The van der Waals surface area contributed by atoms with Crippen LogP contribution in [0, 0.1) is 40.4 Å². The van der Waals surface area contributed by atoms with Gasteiger partial charge in [-0.15, -0.1) is 0 Å². The van der Waals surface area contributed by atoms with Crippen LogP contribution < -0.4 is 0 Å². The summed E-state index contributed by atoms with van der Waals surface area (Å²) in [6.07, 6.45) is 11.3. The van der Waals surface area contributed by atoms with E-state index in [9.17, 15) is 14.7 Å². The van der Waals surface area contributed by atoms with Gasteiger partial charge in [0, 0.05) is 13.3 Å². The number of aliphatic carboxylic acids is 1. The standard InChI is InChI=1S/C24H36O4/c1-14(22(26)27)19-7-8-20-18-6-5-16-13-17(28-15(2)25)9-11-23(16,3)21(18)10-12-24(19,20)4/h5,14,17-21H,6-13H2,1-4H3,(H,26,27)/t14-,17?,18-,19+,20-,21-,23-,24+/m0/s1. The Kier molecular flexibility index (Phi) is 4.91. The van der Waals surface area contributed by atoms with Crippen molar-refractivity contribution in [1.82, 2.24) is 0 Å². The molecule has 0 aromatic heterocycles. The normalized spacial score (nSPS) is 45.9. The first-order valence-electron chi connectivity index (χ1n) is 11.3. The predicted molar refractivity (Wildman–Crippen MR) is 108 cm³/mol. The number of carboxylic acid groups (broad SMARTS) is 1. The third-order valence-electron chi connectivity index (χ3n) is 9.46. The summed E-state index contributed by atoms with van der Waals surface area (Å²) in [4.78, 5) is 23.1. The van der Waals surface area contributed by atoms with Crippen LogP contribution >= 0.6 is 0 Å². The van der Waals surface area contributed by atoms with Crippen LogP contribution in [0.3, 0.4) is 0 Å². The zero-order valence-electron chi connectivity index (χ0n) is 17.9. The van der Waals surface area contributed by atoms with Crippen molar-refractivity contribution in [2.24, 2.45) is 40.4 Å². The van der Waals surface area contributed by atoms with Crippen LogP contribution in [0.4, 0.5) is 0 Å². The van der Waals surface area contributed by atoms with E-state index in [0.717, 1.165) is 38.5 Å². The lowest BCUT2D eigenvalue weighted by molar-refractivity contribution is -0.148. The molecule has 0 spiro atoms. The number of allylic oxidation sites excluding steroid dienone is 1. The van der Waals surface area contributed by atoms with Gasteiger partial charge in [-0.1, -0.05) is 32.4 Å². The highest BCUT2D eigenvalue weighted by molar-refractivity contribution is 5.70. The van der Waals surface area contributed by atoms with Gasteiger partial charge in [0.05, 0.1) is 5.92 Å². The lowest BCUT2D eigenvalue weighted by Gasteiger charge is -2.58. The summed E-state index contributed by atoms with van der Waals surface area (Å²) in [5.74, 6) is 1.31. The van der Waals surface area contributed by atoms with Crippen LogP contribution in [-0.4, -0.2) is 23.1 Å². The Balaban J connectivity index is 1.57. The summed E-state index contributed by atoms with van der Waals surface area (Å²) in [6, 6.07) is 0. The molecule has 0 aromatic carbocycles. The number of carboxylic acids is 1. The lowest BCUT2D eigenvalue weighted by Crippen LogP contribution is -2.51. The molecular formula is C24H36O4. The Bertz CT molecular complexity index is 697. The molecule has 156 valence electrons. The van der Waals surface area contributed by atoms with Crippen molar-refractivity contribution in [3.05, 3.63) is 11.6 Å². The number of fused-ring (bicyclic) bond motifs is 5. The SMILES string of the molecule is CC(=O)OC1CC[C@@]2(C)C(=CC[C@H]3[C@@H]4CC[C@H]([C@H](C)C(=O)O)[C@@]4(C)CC[C@@H]32)C1. The van der Waals surface area contributed by atoms with Crippen LogP contribution in [0.15, 0.2) is 11.6 Å². The number of carbonyl (C=O) groups is 2. The predicted octanol–water partition coefficient (Wildman–Crippen LogP) is 5.22. The van der Waals surface area contributed by atoms with E-state index in [1.807, 2.05) is 6.92 Å². The highest BCUT2D eigenvalue weighted by Gasteiger charge is 2.59. The minimum atomic E-state index is -0.629. The van der Waals surface area contributed by atoms with Gasteiger partial charge in [0.25, 0.3) is 0 Å². The third kappa shape index (κ3) is 2.93. The minimum absolute atomic E-state index is 0.0505. The Morgan fingerprint density at radius 2 is 1.89 bits per heavy atom. The Morgan fingerprint density at radius 3 is 2.57 bits per heavy atom. The third-order valence-corrected chi connectivity index (χ3v) is 9.46. The molecule has 4 heteroatoms. The Hall–Kier alpha value is -1.32. The van der Waals surface area contributed by atoms with Gasteiger partial charge in [-0.3, -0.25) is 9.59 Å². The van der Waals surface area contributed by atoms with E-state index in [2.05, 4.69) is 19.9 Å². The maximum absolute atomic E-state index is 11.7. The Morgan fingerprint density at radius 1 is 1.14 bits per heavy atom. The second-order valence-electron chi connectivity index (χ2n) is 10.6. The maximum atomic E-state index is 11.7. The molecule has 8 atom stereocenters. The summed E-state index contributed by atoms with van der Waals surface area (Å²) in [5, 5.41) is 9.62. The smallest absolute Gasteiger partial charge is 0.306 e. The van der Waals surface area contributed by atoms with Gasteiger partial charge in [0.15, 0.2) is 0 Å². The number of carbonyl (C=O) groups excluding carboxylic acids is 1. The number of ether oxygens (including phenoxy) is 1. The van der Waals surface area contributed by atoms with Crippen molar-refractivity contribution >= 4 is 11.9 Å². The van der Waals surface area contributed by atoms with Gasteiger partial charge in [0.1, 0.15) is 6.10 Å². The molecule has 0 saturated heterocycles. The molecular weight excluding hydrogens is 352 g/mol. The number of hydrogen-bond acceptors (Lipinski definition) is 3. The number of rotatable bonds is 3. The molecule has 3 fully saturated rings. The average molecular weight is 389 g/mol. The van der Waals surface area contributed by atoms with E-state index in [4.69, 9.17) is 4.74 Å². The molecule has 4 nitrogen and oxygen atoms in total.